The minimum atomic E-state index is -0.715. The molecule has 2 amide bonds. The molecule has 220 valence electrons. The van der Waals surface area contributed by atoms with Crippen molar-refractivity contribution in [1.29, 1.82) is 0 Å². The van der Waals surface area contributed by atoms with E-state index >= 15 is 0 Å². The summed E-state index contributed by atoms with van der Waals surface area (Å²) in [5, 5.41) is 2.85. The van der Waals surface area contributed by atoms with Crippen LogP contribution in [0.4, 0.5) is 0 Å². The van der Waals surface area contributed by atoms with E-state index in [1.54, 1.807) is 30.3 Å². The van der Waals surface area contributed by atoms with Crippen LogP contribution in [0.1, 0.15) is 65.6 Å². The van der Waals surface area contributed by atoms with Crippen LogP contribution in [0.5, 0.6) is 0 Å². The average Bonchev–Trinajstić information content (AvgIpc) is 3.03. The minimum Gasteiger partial charge on any atom is -0.461 e. The number of aryl methyl sites for hydroxylation is 1. The van der Waals surface area contributed by atoms with Crippen LogP contribution < -0.4 is 10.9 Å². The number of carbonyl (C=O) groups excluding carboxylic acids is 3. The first kappa shape index (κ1) is 30.5. The van der Waals surface area contributed by atoms with Crippen LogP contribution >= 0.6 is 0 Å². The molecule has 2 atom stereocenters. The predicted molar refractivity (Wildman–Crippen MR) is 162 cm³/mol. The Balaban J connectivity index is 0.000000197. The van der Waals surface area contributed by atoms with E-state index in [0.29, 0.717) is 19.0 Å². The molecule has 1 N–H and O–H groups in total. The van der Waals surface area contributed by atoms with Crippen LogP contribution in [0, 0.1) is 0 Å². The fraction of sp³-hybridized carbons (Fsp3) is 0.353. The summed E-state index contributed by atoms with van der Waals surface area (Å²) in [5.41, 5.74) is 2.48. The van der Waals surface area contributed by atoms with E-state index in [2.05, 4.69) is 31.0 Å². The smallest absolute Gasteiger partial charge is 0.321 e. The number of carbonyl (C=O) groups is 3. The zero-order valence-corrected chi connectivity index (χ0v) is 24.3. The maximum absolute atomic E-state index is 13.1. The van der Waals surface area contributed by atoms with Crippen LogP contribution in [0.15, 0.2) is 90.4 Å². The van der Waals surface area contributed by atoms with Gasteiger partial charge in [-0.05, 0) is 60.4 Å². The monoisotopic (exact) mass is 569 g/mol. The molecule has 1 aliphatic carbocycles. The lowest BCUT2D eigenvalue weighted by Gasteiger charge is -2.39. The van der Waals surface area contributed by atoms with Crippen LogP contribution in [-0.4, -0.2) is 53.5 Å². The van der Waals surface area contributed by atoms with Gasteiger partial charge in [0.25, 0.3) is 11.5 Å². The van der Waals surface area contributed by atoms with E-state index in [1.807, 2.05) is 42.5 Å². The Morgan fingerprint density at radius 3 is 2.40 bits per heavy atom. The summed E-state index contributed by atoms with van der Waals surface area (Å²) in [6.07, 6.45) is 7.23. The van der Waals surface area contributed by atoms with E-state index < -0.39 is 5.41 Å². The summed E-state index contributed by atoms with van der Waals surface area (Å²) < 4.78 is 6.90. The fourth-order valence-electron chi connectivity index (χ4n) is 5.83. The molecule has 5 rings (SSSR count). The van der Waals surface area contributed by atoms with Gasteiger partial charge in [-0.3, -0.25) is 19.2 Å². The van der Waals surface area contributed by atoms with E-state index in [-0.39, 0.29) is 35.6 Å². The number of hydrogen-bond acceptors (Lipinski definition) is 5. The minimum absolute atomic E-state index is 0.0219. The number of pyridine rings is 1. The Morgan fingerprint density at radius 2 is 1.71 bits per heavy atom. The second-order valence-electron chi connectivity index (χ2n) is 10.9. The van der Waals surface area contributed by atoms with Crippen molar-refractivity contribution in [3.05, 3.63) is 118 Å². The van der Waals surface area contributed by atoms with Crippen molar-refractivity contribution in [3.63, 3.8) is 0 Å². The number of hydrogen-bond donors (Lipinski definition) is 1. The molecule has 1 fully saturated rings. The number of piperidine rings is 1. The highest BCUT2D eigenvalue weighted by atomic mass is 16.5. The standard InChI is InChI=1S/C21H22O2.C13H17N3O3/c1-3-15-23-20(22)21(17-9-5-4-6-10-17)14-13-16(2)18-11-7-8-12-19(18)21;1-15-6-2-3-11(13(15)19)12(18)14-10-4-7-16(9-17)8-5-10/h3-12,16H,1,13-15H2,2H3;2-3,6,9-10H,4-5,7-8H2,1H3,(H,14,18)/t16-,21+;/m0./s1. The zero-order chi connectivity index (χ0) is 30.1. The normalized spacial score (nSPS) is 19.9. The Bertz CT molecular complexity index is 1460. The number of nitrogens with one attached hydrogen (secondary N) is 1. The summed E-state index contributed by atoms with van der Waals surface area (Å²) in [5.74, 6) is -0.0658. The van der Waals surface area contributed by atoms with Gasteiger partial charge in [-0.2, -0.15) is 0 Å². The number of likely N-dealkylation sites (tertiary alicyclic amines) is 1. The van der Waals surface area contributed by atoms with Crippen molar-refractivity contribution in [2.24, 2.45) is 7.05 Å². The third-order valence-electron chi connectivity index (χ3n) is 8.23. The highest BCUT2D eigenvalue weighted by Gasteiger charge is 2.47. The first-order valence-electron chi connectivity index (χ1n) is 14.4. The number of nitrogens with zero attached hydrogens (tertiary/aromatic N) is 2. The van der Waals surface area contributed by atoms with Crippen molar-refractivity contribution in [2.75, 3.05) is 19.7 Å². The maximum atomic E-state index is 13.1. The zero-order valence-electron chi connectivity index (χ0n) is 24.3. The summed E-state index contributed by atoms with van der Waals surface area (Å²) >= 11 is 0. The van der Waals surface area contributed by atoms with E-state index in [4.69, 9.17) is 4.74 Å². The molecule has 42 heavy (non-hydrogen) atoms. The van der Waals surface area contributed by atoms with Gasteiger partial charge < -0.3 is 19.5 Å². The van der Waals surface area contributed by atoms with Gasteiger partial charge in [0.05, 0.1) is 0 Å². The molecule has 1 aromatic heterocycles. The van der Waals surface area contributed by atoms with Crippen LogP contribution in [-0.2, 0) is 26.8 Å². The quantitative estimate of drug-likeness (QED) is 0.260. The highest BCUT2D eigenvalue weighted by Crippen LogP contribution is 2.47. The lowest BCUT2D eigenvalue weighted by Crippen LogP contribution is -2.45. The second kappa shape index (κ2) is 13.9. The van der Waals surface area contributed by atoms with E-state index in [1.165, 1.54) is 16.2 Å². The van der Waals surface area contributed by atoms with E-state index in [9.17, 15) is 19.2 Å². The maximum Gasteiger partial charge on any atom is 0.321 e. The molecule has 0 radical (unpaired) electrons. The van der Waals surface area contributed by atoms with Gasteiger partial charge in [0.15, 0.2) is 0 Å². The molecule has 2 aromatic carbocycles. The number of rotatable bonds is 7. The van der Waals surface area contributed by atoms with Crippen LogP contribution in [0.2, 0.25) is 0 Å². The lowest BCUT2D eigenvalue weighted by molar-refractivity contribution is -0.148. The van der Waals surface area contributed by atoms with Crippen molar-refractivity contribution >= 4 is 18.3 Å². The van der Waals surface area contributed by atoms with E-state index in [0.717, 1.165) is 43.2 Å². The SMILES string of the molecule is C=CCOC(=O)[C@@]1(c2ccccc2)CC[C@H](C)c2ccccc21.Cn1cccc(C(=O)NC2CCN(C=O)CC2)c1=O. The third kappa shape index (κ3) is 6.54. The molecule has 2 heterocycles. The first-order valence-corrected chi connectivity index (χ1v) is 14.4. The van der Waals surface area contributed by atoms with Gasteiger partial charge >= 0.3 is 5.97 Å². The van der Waals surface area contributed by atoms with Crippen molar-refractivity contribution in [2.45, 2.75) is 50.0 Å². The molecule has 0 saturated carbocycles. The molecule has 3 aromatic rings. The van der Waals surface area contributed by atoms with Crippen LogP contribution in [0.25, 0.3) is 0 Å². The largest absolute Gasteiger partial charge is 0.461 e. The molecule has 2 aliphatic rings. The molecule has 1 saturated heterocycles. The average molecular weight is 570 g/mol. The lowest BCUT2D eigenvalue weighted by atomic mass is 9.63. The molecular formula is C34H39N3O5. The van der Waals surface area contributed by atoms with Gasteiger partial charge in [0.1, 0.15) is 17.6 Å². The third-order valence-corrected chi connectivity index (χ3v) is 8.23. The summed E-state index contributed by atoms with van der Waals surface area (Å²) in [6.45, 7) is 7.40. The molecular weight excluding hydrogens is 530 g/mol. The number of aromatic nitrogens is 1. The number of esters is 1. The highest BCUT2D eigenvalue weighted by molar-refractivity contribution is 5.94. The van der Waals surface area contributed by atoms with Gasteiger partial charge in [-0.25, -0.2) is 0 Å². The molecule has 8 heteroatoms. The van der Waals surface area contributed by atoms with Gasteiger partial charge in [-0.15, -0.1) is 0 Å². The van der Waals surface area contributed by atoms with Crippen LogP contribution in [0.3, 0.4) is 0 Å². The predicted octanol–water partition coefficient (Wildman–Crippen LogP) is 4.34. The summed E-state index contributed by atoms with van der Waals surface area (Å²) in [4.78, 5) is 49.2. The Hall–Kier alpha value is -4.46. The number of fused-ring (bicyclic) bond motifs is 1. The van der Waals surface area contributed by atoms with Crippen molar-refractivity contribution in [3.8, 4) is 0 Å². The summed E-state index contributed by atoms with van der Waals surface area (Å²) in [6, 6.07) is 21.5. The number of amides is 2. The van der Waals surface area contributed by atoms with Gasteiger partial charge in [-0.1, -0.05) is 74.2 Å². The summed E-state index contributed by atoms with van der Waals surface area (Å²) in [7, 11) is 1.61. The Morgan fingerprint density at radius 1 is 1.02 bits per heavy atom. The van der Waals surface area contributed by atoms with Gasteiger partial charge in [0, 0.05) is 32.4 Å². The molecule has 8 nitrogen and oxygen atoms in total. The first-order chi connectivity index (χ1) is 20.3. The number of ether oxygens (including phenoxy) is 1. The van der Waals surface area contributed by atoms with Crippen molar-refractivity contribution in [1.82, 2.24) is 14.8 Å². The Labute approximate surface area is 247 Å². The Kier molecular flexibility index (Phi) is 10.1. The van der Waals surface area contributed by atoms with Crippen molar-refractivity contribution < 1.29 is 19.1 Å². The van der Waals surface area contributed by atoms with Gasteiger partial charge in [0.2, 0.25) is 6.41 Å². The number of benzene rings is 2. The fourth-order valence-corrected chi connectivity index (χ4v) is 5.83. The topological polar surface area (TPSA) is 97.7 Å². The molecule has 0 unspecified atom stereocenters. The molecule has 1 aliphatic heterocycles. The second-order valence-corrected chi connectivity index (χ2v) is 10.9. The molecule has 0 bridgehead atoms. The molecule has 0 spiro atoms.